The molecule has 0 bridgehead atoms. The van der Waals surface area contributed by atoms with Gasteiger partial charge in [0, 0.05) is 0 Å². The summed E-state index contributed by atoms with van der Waals surface area (Å²) in [4.78, 5) is 3.25. The summed E-state index contributed by atoms with van der Waals surface area (Å²) < 4.78 is 0. The van der Waals surface area contributed by atoms with Crippen molar-refractivity contribution in [3.63, 3.8) is 0 Å². The molecular weight excluding hydrogens is 276 g/mol. The molecule has 0 radical (unpaired) electrons. The van der Waals surface area contributed by atoms with Crippen molar-refractivity contribution in [2.24, 2.45) is 0 Å². The van der Waals surface area contributed by atoms with Crippen LogP contribution in [0.2, 0.25) is 0 Å². The van der Waals surface area contributed by atoms with E-state index in [4.69, 9.17) is 0 Å². The van der Waals surface area contributed by atoms with Crippen LogP contribution in [0.4, 0.5) is 0 Å². The number of unbranched alkanes of at least 4 members (excludes halogenated alkanes) is 2. The normalized spacial score (nSPS) is 15.0. The third-order valence-corrected chi connectivity index (χ3v) is 3.18. The van der Waals surface area contributed by atoms with Crippen LogP contribution in [0.3, 0.4) is 0 Å². The molecule has 0 saturated heterocycles. The molecule has 0 aromatic carbocycles. The molecule has 1 heteroatoms. The predicted molar refractivity (Wildman–Crippen MR) is 87.2 cm³/mol. The van der Waals surface area contributed by atoms with E-state index >= 15 is 0 Å². The van der Waals surface area contributed by atoms with Gasteiger partial charge in [0.25, 0.3) is 0 Å². The number of hydrogen-bond acceptors (Lipinski definition) is 0. The second-order valence-electron chi connectivity index (χ2n) is 4.87. The van der Waals surface area contributed by atoms with Gasteiger partial charge in [-0.3, -0.25) is 12.2 Å². The summed E-state index contributed by atoms with van der Waals surface area (Å²) >= 11 is 1.75. The van der Waals surface area contributed by atoms with Gasteiger partial charge in [-0.15, -0.1) is 12.8 Å². The average Bonchev–Trinajstić information content (AvgIpc) is 3.19. The van der Waals surface area contributed by atoms with Crippen LogP contribution < -0.4 is 0 Å². The first-order valence-electron chi connectivity index (χ1n) is 7.73. The van der Waals surface area contributed by atoms with Crippen LogP contribution in [0.5, 0.6) is 0 Å². The Morgan fingerprint density at radius 3 is 1.55 bits per heavy atom. The number of hydrogen-bond donors (Lipinski definition) is 0. The SMILES string of the molecule is CCCCC1=CC[C-]=C1.CCCCC1=CC[C-]=C1.[CH2]=[Ti+2]. The van der Waals surface area contributed by atoms with Gasteiger partial charge in [-0.2, -0.15) is 12.2 Å². The molecule has 0 atom stereocenters. The summed E-state index contributed by atoms with van der Waals surface area (Å²) in [6.45, 7) is 4.45. The van der Waals surface area contributed by atoms with Crippen molar-refractivity contribution >= 4 is 4.82 Å². The van der Waals surface area contributed by atoms with E-state index < -0.39 is 0 Å². The molecule has 0 heterocycles. The Morgan fingerprint density at radius 1 is 0.900 bits per heavy atom. The van der Waals surface area contributed by atoms with Crippen LogP contribution in [-0.4, -0.2) is 4.82 Å². The van der Waals surface area contributed by atoms with E-state index in [9.17, 15) is 0 Å². The third kappa shape index (κ3) is 10.3. The maximum absolute atomic E-state index is 3.25. The molecule has 108 valence electrons. The topological polar surface area (TPSA) is 0 Å². The van der Waals surface area contributed by atoms with Gasteiger partial charge < -0.3 is 0 Å². The van der Waals surface area contributed by atoms with E-state index in [0.29, 0.717) is 0 Å². The quantitative estimate of drug-likeness (QED) is 0.436. The van der Waals surface area contributed by atoms with E-state index in [-0.39, 0.29) is 0 Å². The Kier molecular flexibility index (Phi) is 14.6. The first kappa shape index (κ1) is 19.5. The van der Waals surface area contributed by atoms with Gasteiger partial charge in [-0.1, -0.05) is 52.4 Å². The van der Waals surface area contributed by atoms with Crippen molar-refractivity contribution in [3.05, 3.63) is 47.6 Å². The Morgan fingerprint density at radius 2 is 1.30 bits per heavy atom. The minimum atomic E-state index is 1.04. The Bertz CT molecular complexity index is 311. The van der Waals surface area contributed by atoms with E-state index in [1.54, 1.807) is 20.0 Å². The molecule has 2 aliphatic carbocycles. The van der Waals surface area contributed by atoms with E-state index in [1.165, 1.54) is 49.7 Å². The summed E-state index contributed by atoms with van der Waals surface area (Å²) in [5, 5.41) is 0. The molecule has 0 fully saturated rings. The van der Waals surface area contributed by atoms with Crippen LogP contribution in [0, 0.1) is 12.2 Å². The van der Waals surface area contributed by atoms with Gasteiger partial charge >= 0.3 is 24.8 Å². The van der Waals surface area contributed by atoms with Gasteiger partial charge in [0.1, 0.15) is 0 Å². The van der Waals surface area contributed by atoms with Crippen LogP contribution in [-0.2, 0) is 20.0 Å². The van der Waals surface area contributed by atoms with Crippen LogP contribution >= 0.6 is 0 Å². The van der Waals surface area contributed by atoms with Crippen molar-refractivity contribution in [1.29, 1.82) is 0 Å². The Labute approximate surface area is 137 Å². The standard InChI is InChI=1S/2C9H13.CH2.Ti/c2*1-2-3-6-9-7-4-5-8-9;;/h2*7-8H,2-4,6H2,1H3;1H2;/q2*-1;;+2. The Hall–Kier alpha value is -0.456. The molecule has 0 aliphatic heterocycles. The fraction of sp³-hybridized carbons (Fsp3) is 0.526. The van der Waals surface area contributed by atoms with Gasteiger partial charge in [0.2, 0.25) is 0 Å². The zero-order chi connectivity index (χ0) is 15.1. The molecular formula is C19H28Ti. The van der Waals surface area contributed by atoms with Gasteiger partial charge in [-0.25, -0.2) is 23.3 Å². The molecule has 2 aliphatic rings. The van der Waals surface area contributed by atoms with Crippen LogP contribution in [0.15, 0.2) is 35.5 Å². The molecule has 0 saturated carbocycles. The molecule has 0 aromatic heterocycles. The van der Waals surface area contributed by atoms with E-state index in [1.807, 2.05) is 0 Å². The Balaban J connectivity index is 0.000000321. The first-order chi connectivity index (χ1) is 9.86. The van der Waals surface area contributed by atoms with Crippen LogP contribution in [0.1, 0.15) is 65.2 Å². The predicted octanol–water partition coefficient (Wildman–Crippen LogP) is 5.70. The zero-order valence-electron chi connectivity index (χ0n) is 13.2. The van der Waals surface area contributed by atoms with Gasteiger partial charge in [0.15, 0.2) is 0 Å². The second-order valence-corrected chi connectivity index (χ2v) is 4.87. The number of allylic oxidation sites excluding steroid dienone is 8. The summed E-state index contributed by atoms with van der Waals surface area (Å²) in [5.41, 5.74) is 2.97. The van der Waals surface area contributed by atoms with Crippen molar-refractivity contribution in [1.82, 2.24) is 0 Å². The molecule has 0 N–H and O–H groups in total. The van der Waals surface area contributed by atoms with Crippen molar-refractivity contribution < 1.29 is 20.0 Å². The van der Waals surface area contributed by atoms with Gasteiger partial charge in [0.05, 0.1) is 0 Å². The van der Waals surface area contributed by atoms with Crippen molar-refractivity contribution in [3.8, 4) is 0 Å². The maximum atomic E-state index is 3.25. The monoisotopic (exact) mass is 304 g/mol. The van der Waals surface area contributed by atoms with E-state index in [2.05, 4.69) is 55.1 Å². The average molecular weight is 304 g/mol. The summed E-state index contributed by atoms with van der Waals surface area (Å²) in [6.07, 6.45) is 24.9. The summed E-state index contributed by atoms with van der Waals surface area (Å²) in [6, 6.07) is 0. The summed E-state index contributed by atoms with van der Waals surface area (Å²) in [7, 11) is 0. The molecule has 0 aromatic rings. The minimum absolute atomic E-state index is 1.04. The molecule has 0 unspecified atom stereocenters. The zero-order valence-corrected chi connectivity index (χ0v) is 14.7. The summed E-state index contributed by atoms with van der Waals surface area (Å²) in [5.74, 6) is 0. The molecule has 20 heavy (non-hydrogen) atoms. The number of rotatable bonds is 6. The van der Waals surface area contributed by atoms with E-state index in [0.717, 1.165) is 12.8 Å². The van der Waals surface area contributed by atoms with Crippen LogP contribution in [0.25, 0.3) is 0 Å². The molecule has 0 spiro atoms. The molecule has 0 nitrogen and oxygen atoms in total. The fourth-order valence-corrected chi connectivity index (χ4v) is 1.99. The van der Waals surface area contributed by atoms with Gasteiger partial charge in [-0.05, 0) is 0 Å². The first-order valence-corrected chi connectivity index (χ1v) is 8.83. The molecule has 0 amide bonds. The van der Waals surface area contributed by atoms with Crippen molar-refractivity contribution in [2.45, 2.75) is 65.2 Å². The van der Waals surface area contributed by atoms with Crippen molar-refractivity contribution in [2.75, 3.05) is 0 Å². The molecule has 2 rings (SSSR count). The second kappa shape index (κ2) is 14.9. The fourth-order valence-electron chi connectivity index (χ4n) is 1.99. The third-order valence-electron chi connectivity index (χ3n) is 3.18.